The highest BCUT2D eigenvalue weighted by Crippen LogP contribution is 2.11. The Labute approximate surface area is 119 Å². The number of aromatic nitrogens is 2. The lowest BCUT2D eigenvalue weighted by Gasteiger charge is -2.17. The molecule has 5 nitrogen and oxygen atoms in total. The molecule has 0 aliphatic rings. The number of likely N-dealkylation sites (N-methyl/N-ethyl adjacent to an activating group) is 1. The largest absolute Gasteiger partial charge is 0.465 e. The monoisotopic (exact) mass is 275 g/mol. The summed E-state index contributed by atoms with van der Waals surface area (Å²) in [6.45, 7) is 8.05. The fraction of sp³-hybridized carbons (Fsp3) is 0.467. The Morgan fingerprint density at radius 2 is 2.25 bits per heavy atom. The second kappa shape index (κ2) is 6.52. The van der Waals surface area contributed by atoms with E-state index < -0.39 is 0 Å². The van der Waals surface area contributed by atoms with E-state index in [-0.39, 0.29) is 5.97 Å². The van der Waals surface area contributed by atoms with E-state index in [2.05, 4.69) is 4.98 Å². The molecule has 0 fully saturated rings. The van der Waals surface area contributed by atoms with Crippen molar-refractivity contribution in [2.45, 2.75) is 27.3 Å². The van der Waals surface area contributed by atoms with Crippen LogP contribution in [0.4, 0.5) is 0 Å². The molecule has 0 N–H and O–H groups in total. The van der Waals surface area contributed by atoms with E-state index in [1.165, 1.54) is 0 Å². The molecule has 2 rings (SSSR count). The third kappa shape index (κ3) is 3.36. The number of carbonyl (C=O) groups is 1. The van der Waals surface area contributed by atoms with Gasteiger partial charge in [-0.05, 0) is 32.0 Å². The van der Waals surface area contributed by atoms with Gasteiger partial charge in [-0.1, -0.05) is 13.0 Å². The fourth-order valence-electron chi connectivity index (χ4n) is 2.18. The first-order chi connectivity index (χ1) is 9.63. The van der Waals surface area contributed by atoms with E-state index in [1.54, 1.807) is 0 Å². The number of fused-ring (bicyclic) bond motifs is 1. The number of carbonyl (C=O) groups excluding carboxylic acids is 1. The van der Waals surface area contributed by atoms with Crippen molar-refractivity contribution >= 4 is 11.6 Å². The number of hydrogen-bond donors (Lipinski definition) is 0. The van der Waals surface area contributed by atoms with Crippen molar-refractivity contribution in [1.82, 2.24) is 14.3 Å². The summed E-state index contributed by atoms with van der Waals surface area (Å²) in [5.41, 5.74) is 3.08. The van der Waals surface area contributed by atoms with Gasteiger partial charge in [-0.2, -0.15) is 0 Å². The molecule has 2 aromatic heterocycles. The van der Waals surface area contributed by atoms with Gasteiger partial charge in [0, 0.05) is 18.9 Å². The smallest absolute Gasteiger partial charge is 0.320 e. The standard InChI is InChI=1S/C15H21N3O2/c1-4-17(11-14(19)20-5-2)9-13-10-18-8-6-7-12(3)15(18)16-13/h6-8,10H,4-5,9,11H2,1-3H3. The van der Waals surface area contributed by atoms with Crippen molar-refractivity contribution in [2.24, 2.45) is 0 Å². The maximum Gasteiger partial charge on any atom is 0.320 e. The first kappa shape index (κ1) is 14.5. The van der Waals surface area contributed by atoms with E-state index in [0.29, 0.717) is 19.7 Å². The van der Waals surface area contributed by atoms with Crippen molar-refractivity contribution < 1.29 is 9.53 Å². The molecule has 0 aliphatic heterocycles. The highest BCUT2D eigenvalue weighted by atomic mass is 16.5. The zero-order chi connectivity index (χ0) is 14.5. The molecule has 0 saturated heterocycles. The van der Waals surface area contributed by atoms with Crippen molar-refractivity contribution in [1.29, 1.82) is 0 Å². The average Bonchev–Trinajstić information content (AvgIpc) is 2.82. The van der Waals surface area contributed by atoms with Crippen LogP contribution >= 0.6 is 0 Å². The lowest BCUT2D eigenvalue weighted by Crippen LogP contribution is -2.30. The average molecular weight is 275 g/mol. The predicted octanol–water partition coefficient (Wildman–Crippen LogP) is 2.03. The molecular formula is C15H21N3O2. The van der Waals surface area contributed by atoms with Gasteiger partial charge in [0.1, 0.15) is 5.65 Å². The van der Waals surface area contributed by atoms with Gasteiger partial charge in [0.15, 0.2) is 0 Å². The second-order valence-corrected chi connectivity index (χ2v) is 4.76. The van der Waals surface area contributed by atoms with Crippen LogP contribution in [-0.2, 0) is 16.1 Å². The first-order valence-corrected chi connectivity index (χ1v) is 6.95. The van der Waals surface area contributed by atoms with E-state index in [9.17, 15) is 4.79 Å². The minimum atomic E-state index is -0.186. The lowest BCUT2D eigenvalue weighted by molar-refractivity contribution is -0.144. The molecule has 2 aromatic rings. The Morgan fingerprint density at radius 3 is 2.90 bits per heavy atom. The third-order valence-corrected chi connectivity index (χ3v) is 3.22. The van der Waals surface area contributed by atoms with Crippen molar-refractivity contribution in [2.75, 3.05) is 19.7 Å². The number of rotatable bonds is 6. The second-order valence-electron chi connectivity index (χ2n) is 4.76. The molecule has 108 valence electrons. The van der Waals surface area contributed by atoms with Crippen LogP contribution in [0.15, 0.2) is 24.5 Å². The van der Waals surface area contributed by atoms with E-state index >= 15 is 0 Å². The SMILES string of the molecule is CCOC(=O)CN(CC)Cc1cn2cccc(C)c2n1. The van der Waals surface area contributed by atoms with Gasteiger partial charge in [0.05, 0.1) is 18.8 Å². The molecule has 0 amide bonds. The van der Waals surface area contributed by atoms with Crippen molar-refractivity contribution in [3.05, 3.63) is 35.8 Å². The lowest BCUT2D eigenvalue weighted by atomic mass is 10.3. The number of pyridine rings is 1. The molecule has 0 aromatic carbocycles. The van der Waals surface area contributed by atoms with Crippen LogP contribution in [0.1, 0.15) is 25.1 Å². The molecule has 20 heavy (non-hydrogen) atoms. The third-order valence-electron chi connectivity index (χ3n) is 3.22. The summed E-state index contributed by atoms with van der Waals surface area (Å²) in [6, 6.07) is 4.05. The highest BCUT2D eigenvalue weighted by Gasteiger charge is 2.12. The Morgan fingerprint density at radius 1 is 1.45 bits per heavy atom. The molecule has 0 radical (unpaired) electrons. The zero-order valence-corrected chi connectivity index (χ0v) is 12.3. The first-order valence-electron chi connectivity index (χ1n) is 6.95. The number of aryl methyl sites for hydroxylation is 1. The van der Waals surface area contributed by atoms with Crippen LogP contribution < -0.4 is 0 Å². The summed E-state index contributed by atoms with van der Waals surface area (Å²) >= 11 is 0. The molecule has 0 atom stereocenters. The predicted molar refractivity (Wildman–Crippen MR) is 77.5 cm³/mol. The van der Waals surface area contributed by atoms with Gasteiger partial charge in [0.2, 0.25) is 0 Å². The van der Waals surface area contributed by atoms with Crippen LogP contribution in [0.25, 0.3) is 5.65 Å². The van der Waals surface area contributed by atoms with Gasteiger partial charge in [-0.15, -0.1) is 0 Å². The molecule has 0 bridgehead atoms. The quantitative estimate of drug-likeness (QED) is 0.757. The van der Waals surface area contributed by atoms with Crippen LogP contribution in [0.5, 0.6) is 0 Å². The van der Waals surface area contributed by atoms with E-state index in [4.69, 9.17) is 4.74 Å². The number of hydrogen-bond acceptors (Lipinski definition) is 4. The highest BCUT2D eigenvalue weighted by molar-refractivity contribution is 5.71. The maximum absolute atomic E-state index is 11.5. The Bertz CT molecular complexity index is 592. The van der Waals surface area contributed by atoms with Crippen LogP contribution in [0, 0.1) is 6.92 Å². The molecule has 0 aliphatic carbocycles. The molecule has 5 heteroatoms. The topological polar surface area (TPSA) is 46.8 Å². The maximum atomic E-state index is 11.5. The van der Waals surface area contributed by atoms with E-state index in [1.807, 2.05) is 54.6 Å². The van der Waals surface area contributed by atoms with Crippen molar-refractivity contribution in [3.63, 3.8) is 0 Å². The van der Waals surface area contributed by atoms with Gasteiger partial charge in [-0.3, -0.25) is 9.69 Å². The summed E-state index contributed by atoms with van der Waals surface area (Å²) in [5.74, 6) is -0.186. The Hall–Kier alpha value is -1.88. The van der Waals surface area contributed by atoms with Crippen molar-refractivity contribution in [3.8, 4) is 0 Å². The molecule has 2 heterocycles. The van der Waals surface area contributed by atoms with Gasteiger partial charge < -0.3 is 9.14 Å². The van der Waals surface area contributed by atoms with Gasteiger partial charge in [-0.25, -0.2) is 4.98 Å². The summed E-state index contributed by atoms with van der Waals surface area (Å²) in [5, 5.41) is 0. The van der Waals surface area contributed by atoms with Gasteiger partial charge in [0.25, 0.3) is 0 Å². The van der Waals surface area contributed by atoms with Crippen LogP contribution in [0.2, 0.25) is 0 Å². The minimum Gasteiger partial charge on any atom is -0.465 e. The number of imidazole rings is 1. The van der Waals surface area contributed by atoms with Crippen LogP contribution in [0.3, 0.4) is 0 Å². The molecular weight excluding hydrogens is 254 g/mol. The minimum absolute atomic E-state index is 0.186. The van der Waals surface area contributed by atoms with Crippen LogP contribution in [-0.4, -0.2) is 40.0 Å². The normalized spacial score (nSPS) is 11.2. The van der Waals surface area contributed by atoms with E-state index in [0.717, 1.165) is 23.4 Å². The summed E-state index contributed by atoms with van der Waals surface area (Å²) in [7, 11) is 0. The fourth-order valence-corrected chi connectivity index (χ4v) is 2.18. The molecule has 0 saturated carbocycles. The number of esters is 1. The number of ether oxygens (including phenoxy) is 1. The summed E-state index contributed by atoms with van der Waals surface area (Å²) in [4.78, 5) is 18.2. The van der Waals surface area contributed by atoms with Gasteiger partial charge >= 0.3 is 5.97 Å². The molecule has 0 unspecified atom stereocenters. The summed E-state index contributed by atoms with van der Waals surface area (Å²) < 4.78 is 7.00. The molecule has 0 spiro atoms. The zero-order valence-electron chi connectivity index (χ0n) is 12.3. The Balaban J connectivity index is 2.09. The number of nitrogens with zero attached hydrogens (tertiary/aromatic N) is 3. The summed E-state index contributed by atoms with van der Waals surface area (Å²) in [6.07, 6.45) is 4.00. The Kier molecular flexibility index (Phi) is 4.74.